The Morgan fingerprint density at radius 1 is 1.19 bits per heavy atom. The van der Waals surface area contributed by atoms with Gasteiger partial charge in [-0.2, -0.15) is 0 Å². The van der Waals surface area contributed by atoms with E-state index in [0.717, 1.165) is 43.5 Å². The van der Waals surface area contributed by atoms with E-state index in [-0.39, 0.29) is 17.7 Å². The van der Waals surface area contributed by atoms with Crippen molar-refractivity contribution in [1.82, 2.24) is 0 Å². The SMILES string of the molecule is CCOC(=O)C[C@H]1CC[C@H]2[C@@H]3[C@H](C)Cc4cc(OC5CCCCO5)ccc4[C@H]3CC[C@]12C. The molecular formula is C28H40O4. The van der Waals surface area contributed by atoms with Crippen molar-refractivity contribution in [3.05, 3.63) is 29.3 Å². The highest BCUT2D eigenvalue weighted by Gasteiger charge is 2.56. The van der Waals surface area contributed by atoms with Crippen LogP contribution in [0.25, 0.3) is 0 Å². The molecule has 0 aromatic heterocycles. The molecule has 0 spiro atoms. The number of hydrogen-bond acceptors (Lipinski definition) is 4. The molecule has 0 bridgehead atoms. The summed E-state index contributed by atoms with van der Waals surface area (Å²) in [7, 11) is 0. The maximum Gasteiger partial charge on any atom is 0.306 e. The summed E-state index contributed by atoms with van der Waals surface area (Å²) < 4.78 is 17.3. The topological polar surface area (TPSA) is 44.8 Å². The lowest BCUT2D eigenvalue weighted by atomic mass is 9.51. The third kappa shape index (κ3) is 3.97. The zero-order valence-electron chi connectivity index (χ0n) is 20.1. The van der Waals surface area contributed by atoms with Crippen LogP contribution in [0.5, 0.6) is 5.75 Å². The number of ether oxygens (including phenoxy) is 3. The Bertz CT molecular complexity index is 829. The van der Waals surface area contributed by atoms with E-state index in [1.807, 2.05) is 6.92 Å². The predicted molar refractivity (Wildman–Crippen MR) is 125 cm³/mol. The summed E-state index contributed by atoms with van der Waals surface area (Å²) in [5.74, 6) is 4.20. The second-order valence-corrected chi connectivity index (χ2v) is 11.1. The number of carbonyl (C=O) groups excluding carboxylic acids is 1. The molecule has 32 heavy (non-hydrogen) atoms. The van der Waals surface area contributed by atoms with Crippen molar-refractivity contribution >= 4 is 5.97 Å². The molecule has 1 aromatic carbocycles. The number of esters is 1. The molecule has 0 N–H and O–H groups in total. The molecule has 2 saturated carbocycles. The van der Waals surface area contributed by atoms with Crippen LogP contribution < -0.4 is 4.74 Å². The first-order valence-electron chi connectivity index (χ1n) is 13.1. The third-order valence-electron chi connectivity index (χ3n) is 9.37. The minimum atomic E-state index is -0.0826. The number of fused-ring (bicyclic) bond motifs is 5. The molecule has 1 heterocycles. The highest BCUT2D eigenvalue weighted by atomic mass is 16.7. The van der Waals surface area contributed by atoms with Crippen LogP contribution in [0.1, 0.15) is 89.2 Å². The quantitative estimate of drug-likeness (QED) is 0.507. The van der Waals surface area contributed by atoms with Crippen LogP contribution in [0.4, 0.5) is 0 Å². The van der Waals surface area contributed by atoms with Crippen molar-refractivity contribution in [2.75, 3.05) is 13.2 Å². The molecular weight excluding hydrogens is 400 g/mol. The van der Waals surface area contributed by atoms with Gasteiger partial charge in [0.15, 0.2) is 6.29 Å². The van der Waals surface area contributed by atoms with Crippen LogP contribution in [0.3, 0.4) is 0 Å². The zero-order valence-corrected chi connectivity index (χ0v) is 20.1. The fourth-order valence-electron chi connectivity index (χ4n) is 7.85. The molecule has 7 atom stereocenters. The summed E-state index contributed by atoms with van der Waals surface area (Å²) >= 11 is 0. The summed E-state index contributed by atoms with van der Waals surface area (Å²) in [4.78, 5) is 12.3. The molecule has 5 rings (SSSR count). The molecule has 4 heteroatoms. The largest absolute Gasteiger partial charge is 0.466 e. The minimum Gasteiger partial charge on any atom is -0.466 e. The summed E-state index contributed by atoms with van der Waals surface area (Å²) in [5, 5.41) is 0. The normalized spacial score (nSPS) is 38.3. The van der Waals surface area contributed by atoms with Gasteiger partial charge in [-0.25, -0.2) is 0 Å². The van der Waals surface area contributed by atoms with E-state index in [9.17, 15) is 4.79 Å². The molecule has 0 amide bonds. The highest BCUT2D eigenvalue weighted by molar-refractivity contribution is 5.69. The van der Waals surface area contributed by atoms with Gasteiger partial charge in [0.05, 0.1) is 13.2 Å². The van der Waals surface area contributed by atoms with Gasteiger partial charge in [0.25, 0.3) is 0 Å². The van der Waals surface area contributed by atoms with Crippen molar-refractivity contribution in [1.29, 1.82) is 0 Å². The van der Waals surface area contributed by atoms with Crippen molar-refractivity contribution in [3.63, 3.8) is 0 Å². The zero-order chi connectivity index (χ0) is 22.3. The van der Waals surface area contributed by atoms with Gasteiger partial charge in [0.2, 0.25) is 0 Å². The minimum absolute atomic E-state index is 0.00184. The van der Waals surface area contributed by atoms with E-state index in [1.165, 1.54) is 37.7 Å². The summed E-state index contributed by atoms with van der Waals surface area (Å²) in [6.45, 7) is 8.15. The van der Waals surface area contributed by atoms with E-state index >= 15 is 0 Å². The van der Waals surface area contributed by atoms with Crippen molar-refractivity contribution in [3.8, 4) is 5.75 Å². The second kappa shape index (κ2) is 9.00. The summed E-state index contributed by atoms with van der Waals surface area (Å²) in [6.07, 6.45) is 9.88. The Hall–Kier alpha value is -1.55. The summed E-state index contributed by atoms with van der Waals surface area (Å²) in [5.41, 5.74) is 3.32. The van der Waals surface area contributed by atoms with Gasteiger partial charge in [0.1, 0.15) is 5.75 Å². The van der Waals surface area contributed by atoms with Gasteiger partial charge in [-0.1, -0.05) is 19.9 Å². The van der Waals surface area contributed by atoms with Crippen LogP contribution in [-0.4, -0.2) is 25.5 Å². The van der Waals surface area contributed by atoms with Crippen LogP contribution in [0, 0.1) is 29.1 Å². The molecule has 1 unspecified atom stereocenters. The first-order valence-corrected chi connectivity index (χ1v) is 13.1. The van der Waals surface area contributed by atoms with E-state index in [2.05, 4.69) is 32.0 Å². The fourth-order valence-corrected chi connectivity index (χ4v) is 7.85. The Morgan fingerprint density at radius 3 is 2.84 bits per heavy atom. The van der Waals surface area contributed by atoms with Gasteiger partial charge in [-0.15, -0.1) is 0 Å². The standard InChI is InChI=1S/C28H40O4/c1-4-30-25(29)17-20-8-11-24-27-18(2)15-19-16-21(32-26-7-5-6-14-31-26)9-10-22(19)23(27)12-13-28(20,24)3/h9-10,16,18,20,23-24,26-27H,4-8,11-15,17H2,1-3H3/t18-,20-,23-,24+,26?,27-,28-/m1/s1. The van der Waals surface area contributed by atoms with Crippen molar-refractivity contribution in [2.45, 2.75) is 90.8 Å². The van der Waals surface area contributed by atoms with Crippen molar-refractivity contribution in [2.24, 2.45) is 29.1 Å². The third-order valence-corrected chi connectivity index (χ3v) is 9.37. The Kier molecular flexibility index (Phi) is 6.26. The van der Waals surface area contributed by atoms with E-state index in [0.29, 0.717) is 30.8 Å². The first kappa shape index (κ1) is 22.3. The summed E-state index contributed by atoms with van der Waals surface area (Å²) in [6, 6.07) is 6.83. The van der Waals surface area contributed by atoms with Crippen LogP contribution in [-0.2, 0) is 20.7 Å². The lowest BCUT2D eigenvalue weighted by molar-refractivity contribution is -0.145. The van der Waals surface area contributed by atoms with E-state index in [1.54, 1.807) is 5.56 Å². The van der Waals surface area contributed by atoms with Crippen LogP contribution >= 0.6 is 0 Å². The van der Waals surface area contributed by atoms with Gasteiger partial charge < -0.3 is 14.2 Å². The lowest BCUT2D eigenvalue weighted by Gasteiger charge is -2.53. The van der Waals surface area contributed by atoms with Gasteiger partial charge in [-0.3, -0.25) is 4.79 Å². The van der Waals surface area contributed by atoms with Crippen LogP contribution in [0.15, 0.2) is 18.2 Å². The van der Waals surface area contributed by atoms with Crippen LogP contribution in [0.2, 0.25) is 0 Å². The molecule has 3 aliphatic carbocycles. The molecule has 1 saturated heterocycles. The van der Waals surface area contributed by atoms with E-state index in [4.69, 9.17) is 14.2 Å². The Balaban J connectivity index is 1.33. The average Bonchev–Trinajstić information content (AvgIpc) is 3.10. The first-order chi connectivity index (χ1) is 15.5. The predicted octanol–water partition coefficient (Wildman–Crippen LogP) is 6.26. The molecule has 4 nitrogen and oxygen atoms in total. The smallest absolute Gasteiger partial charge is 0.306 e. The second-order valence-electron chi connectivity index (χ2n) is 11.1. The van der Waals surface area contributed by atoms with E-state index < -0.39 is 0 Å². The lowest BCUT2D eigenvalue weighted by Crippen LogP contribution is -2.45. The molecule has 1 aromatic rings. The molecule has 0 radical (unpaired) electrons. The number of hydrogen-bond donors (Lipinski definition) is 0. The number of carbonyl (C=O) groups is 1. The molecule has 176 valence electrons. The Labute approximate surface area is 193 Å². The van der Waals surface area contributed by atoms with Gasteiger partial charge in [0, 0.05) is 12.8 Å². The molecule has 4 aliphatic rings. The van der Waals surface area contributed by atoms with Gasteiger partial charge >= 0.3 is 5.97 Å². The highest BCUT2D eigenvalue weighted by Crippen LogP contribution is 2.64. The maximum atomic E-state index is 12.3. The van der Waals surface area contributed by atoms with Gasteiger partial charge in [-0.05, 0) is 110 Å². The van der Waals surface area contributed by atoms with Crippen molar-refractivity contribution < 1.29 is 19.0 Å². The maximum absolute atomic E-state index is 12.3. The number of rotatable bonds is 5. The number of benzene rings is 1. The average molecular weight is 441 g/mol. The molecule has 1 aliphatic heterocycles. The Morgan fingerprint density at radius 2 is 2.06 bits per heavy atom. The monoisotopic (exact) mass is 440 g/mol. The molecule has 3 fully saturated rings. The fraction of sp³-hybridized carbons (Fsp3) is 0.750.